The summed E-state index contributed by atoms with van der Waals surface area (Å²) in [5.74, 6) is 0.686. The molecule has 122 valence electrons. The first-order valence-electron chi connectivity index (χ1n) is 7.73. The van der Waals surface area contributed by atoms with Crippen LogP contribution in [0.25, 0.3) is 0 Å². The molecule has 0 aliphatic carbocycles. The van der Waals surface area contributed by atoms with Gasteiger partial charge >= 0.3 is 0 Å². The normalized spacial score (nSPS) is 15.7. The largest absolute Gasteiger partial charge is 0.496 e. The van der Waals surface area contributed by atoms with Gasteiger partial charge in [-0.2, -0.15) is 0 Å². The van der Waals surface area contributed by atoms with Crippen LogP contribution in [0.15, 0.2) is 29.6 Å². The molecule has 1 amide bonds. The first-order chi connectivity index (χ1) is 11.2. The van der Waals surface area contributed by atoms with Crippen LogP contribution in [0.3, 0.4) is 0 Å². The minimum Gasteiger partial charge on any atom is -0.496 e. The number of aromatic nitrogens is 1. The third-order valence-electron chi connectivity index (χ3n) is 4.02. The van der Waals surface area contributed by atoms with Crippen molar-refractivity contribution in [2.75, 3.05) is 33.3 Å². The predicted molar refractivity (Wildman–Crippen MR) is 91.0 cm³/mol. The SMILES string of the molecule is COc1ccccc1C(=O)N1CCN(Cc2nc(C)cs2)CC1. The number of hydrogen-bond acceptors (Lipinski definition) is 5. The lowest BCUT2D eigenvalue weighted by atomic mass is 10.1. The molecule has 2 heterocycles. The molecule has 0 spiro atoms. The fourth-order valence-electron chi connectivity index (χ4n) is 2.77. The number of hydrogen-bond donors (Lipinski definition) is 0. The van der Waals surface area contributed by atoms with E-state index >= 15 is 0 Å². The van der Waals surface area contributed by atoms with Gasteiger partial charge in [0.05, 0.1) is 19.2 Å². The Balaban J connectivity index is 1.59. The van der Waals surface area contributed by atoms with Gasteiger partial charge in [-0.3, -0.25) is 9.69 Å². The van der Waals surface area contributed by atoms with Gasteiger partial charge in [0.2, 0.25) is 0 Å². The number of ether oxygens (including phenoxy) is 1. The number of methoxy groups -OCH3 is 1. The molecule has 1 aliphatic heterocycles. The van der Waals surface area contributed by atoms with Crippen LogP contribution in [-0.4, -0.2) is 54.0 Å². The molecule has 1 fully saturated rings. The zero-order valence-corrected chi connectivity index (χ0v) is 14.3. The molecule has 0 unspecified atom stereocenters. The van der Waals surface area contributed by atoms with Gasteiger partial charge in [0, 0.05) is 37.3 Å². The van der Waals surface area contributed by atoms with Crippen molar-refractivity contribution in [2.24, 2.45) is 0 Å². The summed E-state index contributed by atoms with van der Waals surface area (Å²) in [6.07, 6.45) is 0. The van der Waals surface area contributed by atoms with E-state index in [4.69, 9.17) is 4.74 Å². The van der Waals surface area contributed by atoms with Crippen LogP contribution >= 0.6 is 11.3 Å². The minimum absolute atomic E-state index is 0.0483. The number of para-hydroxylation sites is 1. The van der Waals surface area contributed by atoms with Gasteiger partial charge in [-0.05, 0) is 19.1 Å². The first-order valence-corrected chi connectivity index (χ1v) is 8.61. The van der Waals surface area contributed by atoms with Crippen LogP contribution < -0.4 is 4.74 Å². The van der Waals surface area contributed by atoms with Crippen molar-refractivity contribution < 1.29 is 9.53 Å². The molecule has 1 aliphatic rings. The monoisotopic (exact) mass is 331 g/mol. The van der Waals surface area contributed by atoms with E-state index in [0.717, 1.165) is 43.4 Å². The van der Waals surface area contributed by atoms with E-state index in [1.807, 2.05) is 36.1 Å². The van der Waals surface area contributed by atoms with Crippen molar-refractivity contribution in [3.05, 3.63) is 45.9 Å². The maximum atomic E-state index is 12.7. The van der Waals surface area contributed by atoms with Crippen molar-refractivity contribution in [2.45, 2.75) is 13.5 Å². The molecule has 3 rings (SSSR count). The molecule has 6 heteroatoms. The average molecular weight is 331 g/mol. The molecule has 23 heavy (non-hydrogen) atoms. The molecular formula is C17H21N3O2S. The molecule has 5 nitrogen and oxygen atoms in total. The van der Waals surface area contributed by atoms with E-state index in [1.165, 1.54) is 0 Å². The van der Waals surface area contributed by atoms with E-state index in [2.05, 4.69) is 15.3 Å². The zero-order valence-electron chi connectivity index (χ0n) is 13.5. The number of carbonyl (C=O) groups excluding carboxylic acids is 1. The Kier molecular flexibility index (Phi) is 4.93. The van der Waals surface area contributed by atoms with Gasteiger partial charge in [0.25, 0.3) is 5.91 Å². The Morgan fingerprint density at radius 1 is 1.26 bits per heavy atom. The van der Waals surface area contributed by atoms with Gasteiger partial charge in [-0.1, -0.05) is 12.1 Å². The van der Waals surface area contributed by atoms with Crippen molar-refractivity contribution in [1.29, 1.82) is 0 Å². The quantitative estimate of drug-likeness (QED) is 0.863. The second-order valence-corrected chi connectivity index (χ2v) is 6.59. The van der Waals surface area contributed by atoms with Crippen LogP contribution in [0.5, 0.6) is 5.75 Å². The van der Waals surface area contributed by atoms with Crippen molar-refractivity contribution in [3.8, 4) is 5.75 Å². The van der Waals surface area contributed by atoms with Crippen LogP contribution in [0.1, 0.15) is 21.1 Å². The van der Waals surface area contributed by atoms with E-state index in [0.29, 0.717) is 11.3 Å². The number of nitrogens with zero attached hydrogens (tertiary/aromatic N) is 3. The number of thiazole rings is 1. The van der Waals surface area contributed by atoms with Crippen molar-refractivity contribution in [3.63, 3.8) is 0 Å². The molecule has 1 saturated heterocycles. The lowest BCUT2D eigenvalue weighted by Crippen LogP contribution is -2.48. The molecule has 0 saturated carbocycles. The van der Waals surface area contributed by atoms with Crippen LogP contribution in [-0.2, 0) is 6.54 Å². The highest BCUT2D eigenvalue weighted by Gasteiger charge is 2.24. The van der Waals surface area contributed by atoms with E-state index in [1.54, 1.807) is 18.4 Å². The minimum atomic E-state index is 0.0483. The first kappa shape index (κ1) is 16.0. The summed E-state index contributed by atoms with van der Waals surface area (Å²) in [6.45, 7) is 6.11. The molecule has 0 atom stereocenters. The fourth-order valence-corrected chi connectivity index (χ4v) is 3.58. The van der Waals surface area contributed by atoms with Gasteiger partial charge in [0.1, 0.15) is 10.8 Å². The number of rotatable bonds is 4. The predicted octanol–water partition coefficient (Wildman–Crippen LogP) is 2.42. The van der Waals surface area contributed by atoms with E-state index < -0.39 is 0 Å². The van der Waals surface area contributed by atoms with Crippen LogP contribution in [0.4, 0.5) is 0 Å². The lowest BCUT2D eigenvalue weighted by molar-refractivity contribution is 0.0625. The Morgan fingerprint density at radius 2 is 2.00 bits per heavy atom. The molecular weight excluding hydrogens is 310 g/mol. The second-order valence-electron chi connectivity index (χ2n) is 5.65. The maximum absolute atomic E-state index is 12.7. The van der Waals surface area contributed by atoms with Crippen LogP contribution in [0, 0.1) is 6.92 Å². The third kappa shape index (κ3) is 3.71. The third-order valence-corrected chi connectivity index (χ3v) is 4.97. The molecule has 2 aromatic rings. The zero-order chi connectivity index (χ0) is 16.2. The topological polar surface area (TPSA) is 45.7 Å². The fraction of sp³-hybridized carbons (Fsp3) is 0.412. The summed E-state index contributed by atoms with van der Waals surface area (Å²) in [5.41, 5.74) is 1.72. The molecule has 0 bridgehead atoms. The van der Waals surface area contributed by atoms with Crippen molar-refractivity contribution >= 4 is 17.2 Å². The number of benzene rings is 1. The molecule has 1 aromatic heterocycles. The summed E-state index contributed by atoms with van der Waals surface area (Å²) >= 11 is 1.70. The lowest BCUT2D eigenvalue weighted by Gasteiger charge is -2.34. The Morgan fingerprint density at radius 3 is 2.65 bits per heavy atom. The summed E-state index contributed by atoms with van der Waals surface area (Å²) < 4.78 is 5.29. The van der Waals surface area contributed by atoms with Gasteiger partial charge in [0.15, 0.2) is 0 Å². The number of carbonyl (C=O) groups is 1. The van der Waals surface area contributed by atoms with Crippen LogP contribution in [0.2, 0.25) is 0 Å². The Bertz CT molecular complexity index is 678. The maximum Gasteiger partial charge on any atom is 0.257 e. The smallest absolute Gasteiger partial charge is 0.257 e. The Labute approximate surface area is 140 Å². The van der Waals surface area contributed by atoms with Crippen molar-refractivity contribution in [1.82, 2.24) is 14.8 Å². The number of piperazine rings is 1. The van der Waals surface area contributed by atoms with E-state index in [9.17, 15) is 4.79 Å². The highest BCUT2D eigenvalue weighted by molar-refractivity contribution is 7.09. The van der Waals surface area contributed by atoms with E-state index in [-0.39, 0.29) is 5.91 Å². The number of aryl methyl sites for hydroxylation is 1. The standard InChI is InChI=1S/C17H21N3O2S/c1-13-12-23-16(18-13)11-19-7-9-20(10-8-19)17(21)14-5-3-4-6-15(14)22-2/h3-6,12H,7-11H2,1-2H3. The summed E-state index contributed by atoms with van der Waals surface area (Å²) in [5, 5.41) is 3.23. The summed E-state index contributed by atoms with van der Waals surface area (Å²) in [4.78, 5) is 21.4. The second kappa shape index (κ2) is 7.10. The average Bonchev–Trinajstić information content (AvgIpc) is 3.00. The highest BCUT2D eigenvalue weighted by atomic mass is 32.1. The molecule has 0 N–H and O–H groups in total. The number of amides is 1. The Hall–Kier alpha value is -1.92. The molecule has 0 radical (unpaired) electrons. The van der Waals surface area contributed by atoms with Gasteiger partial charge in [-0.25, -0.2) is 4.98 Å². The summed E-state index contributed by atoms with van der Waals surface area (Å²) in [7, 11) is 1.60. The van der Waals surface area contributed by atoms with Gasteiger partial charge < -0.3 is 9.64 Å². The summed E-state index contributed by atoms with van der Waals surface area (Å²) in [6, 6.07) is 7.40. The van der Waals surface area contributed by atoms with Gasteiger partial charge in [-0.15, -0.1) is 11.3 Å². The molecule has 1 aromatic carbocycles. The highest BCUT2D eigenvalue weighted by Crippen LogP contribution is 2.20.